The fourth-order valence-corrected chi connectivity index (χ4v) is 14.7. The normalized spacial score (nSPS) is 14.2. The molecule has 0 fully saturated rings. The van der Waals surface area contributed by atoms with E-state index in [0.717, 1.165) is 49.6 Å². The minimum Gasteiger partial charge on any atom is -0.423 e. The first-order valence-electron chi connectivity index (χ1n) is 26.1. The van der Waals surface area contributed by atoms with E-state index < -0.39 is 7.12 Å². The van der Waals surface area contributed by atoms with Crippen LogP contribution in [-0.4, -0.2) is 36.3 Å². The summed E-state index contributed by atoms with van der Waals surface area (Å²) in [5.41, 5.74) is 17.0. The Hall–Kier alpha value is -8.31. The Labute approximate surface area is 469 Å². The summed E-state index contributed by atoms with van der Waals surface area (Å²) < 4.78 is 9.46. The highest BCUT2D eigenvalue weighted by molar-refractivity contribution is 7.27. The van der Waals surface area contributed by atoms with E-state index >= 15 is 0 Å². The Kier molecular flexibility index (Phi) is 12.2. The third-order valence-electron chi connectivity index (χ3n) is 15.9. The van der Waals surface area contributed by atoms with Gasteiger partial charge in [0.2, 0.25) is 5.03 Å². The second-order valence-corrected chi connectivity index (χ2v) is 23.7. The molecule has 79 heavy (non-hydrogen) atoms. The number of hydrogen-bond acceptors (Lipinski definition) is 6. The van der Waals surface area contributed by atoms with Gasteiger partial charge >= 0.3 is 7.12 Å². The average Bonchev–Trinajstić information content (AvgIpc) is 4.15. The fourth-order valence-electron chi connectivity index (χ4n) is 12.1. The van der Waals surface area contributed by atoms with Gasteiger partial charge in [-0.25, -0.2) is 9.97 Å². The van der Waals surface area contributed by atoms with E-state index in [4.69, 9.17) is 21.6 Å². The molecule has 0 radical (unpaired) electrons. The molecule has 0 saturated heterocycles. The summed E-state index contributed by atoms with van der Waals surface area (Å²) in [7, 11) is -1.41. The highest BCUT2D eigenvalue weighted by atomic mass is 35.5. The van der Waals surface area contributed by atoms with Crippen molar-refractivity contribution in [3.8, 4) is 39.6 Å². The number of benzene rings is 9. The number of para-hydroxylation sites is 2. The topological polar surface area (TPSA) is 76.1 Å². The van der Waals surface area contributed by atoms with Gasteiger partial charge in [-0.1, -0.05) is 184 Å². The SMILES string of the molecule is CC1(C)C2=C(C=C(Cl)[C+]=C2)n2c(-c3ccccc3)nc3cccc1c32.CC1(C)c2ccc(-c3cccc4c3sc3ccccc34)cc2-n2c(-c3ccccc3)nc3cccc1c32.F.OB(O)c1cccc2c1sc1ccccc12. The number of imidazole rings is 2. The van der Waals surface area contributed by atoms with E-state index in [2.05, 4.69) is 188 Å². The van der Waals surface area contributed by atoms with E-state index in [-0.39, 0.29) is 15.5 Å². The molecular formula is C68H50BClFN4O2S2+. The smallest absolute Gasteiger partial charge is 0.423 e. The summed E-state index contributed by atoms with van der Waals surface area (Å²) >= 11 is 9.79. The average molecular weight is 1080 g/mol. The first-order valence-corrected chi connectivity index (χ1v) is 28.2. The van der Waals surface area contributed by atoms with Crippen LogP contribution in [0.15, 0.2) is 223 Å². The molecule has 9 aromatic carbocycles. The number of aromatic nitrogens is 4. The van der Waals surface area contributed by atoms with Crippen LogP contribution in [0.1, 0.15) is 44.4 Å². The molecule has 6 nitrogen and oxygen atoms in total. The highest BCUT2D eigenvalue weighted by Gasteiger charge is 2.42. The minimum absolute atomic E-state index is 0. The van der Waals surface area contributed by atoms with Gasteiger partial charge in [-0.3, -0.25) is 13.8 Å². The van der Waals surface area contributed by atoms with E-state index in [9.17, 15) is 10.0 Å². The summed E-state index contributed by atoms with van der Waals surface area (Å²) in [6.45, 7) is 9.18. The molecule has 0 spiro atoms. The molecule has 0 saturated carbocycles. The lowest BCUT2D eigenvalue weighted by molar-refractivity contribution is 0.426. The number of fused-ring (bicyclic) bond motifs is 9. The maximum absolute atomic E-state index is 9.31. The maximum atomic E-state index is 9.31. The monoisotopic (exact) mass is 1080 g/mol. The molecule has 16 rings (SSSR count). The van der Waals surface area contributed by atoms with Gasteiger partial charge < -0.3 is 10.0 Å². The zero-order valence-corrected chi connectivity index (χ0v) is 46.0. The second kappa shape index (κ2) is 19.3. The second-order valence-electron chi connectivity index (χ2n) is 21.2. The maximum Gasteiger partial charge on any atom is 0.489 e. The highest BCUT2D eigenvalue weighted by Crippen LogP contribution is 2.50. The molecule has 11 heteroatoms. The fraction of sp³-hybridized carbons (Fsp3) is 0.0882. The van der Waals surface area contributed by atoms with Crippen LogP contribution >= 0.6 is 34.3 Å². The van der Waals surface area contributed by atoms with Crippen molar-refractivity contribution in [3.05, 3.63) is 246 Å². The van der Waals surface area contributed by atoms with Crippen LogP contribution in [0.25, 0.3) is 108 Å². The largest absolute Gasteiger partial charge is 0.489 e. The van der Waals surface area contributed by atoms with Gasteiger partial charge in [0.25, 0.3) is 0 Å². The molecular weight excluding hydrogens is 1030 g/mol. The van der Waals surface area contributed by atoms with Gasteiger partial charge in [0, 0.05) is 57.1 Å². The third kappa shape index (κ3) is 8.01. The molecule has 382 valence electrons. The van der Waals surface area contributed by atoms with Gasteiger partial charge in [0.15, 0.2) is 5.70 Å². The number of thiophene rings is 2. The Morgan fingerprint density at radius 3 is 1.66 bits per heavy atom. The Bertz CT molecular complexity index is 4680. The number of halogens is 2. The van der Waals surface area contributed by atoms with Crippen molar-refractivity contribution in [2.24, 2.45) is 0 Å². The zero-order chi connectivity index (χ0) is 53.0. The van der Waals surface area contributed by atoms with Crippen LogP contribution in [0.2, 0.25) is 0 Å². The van der Waals surface area contributed by atoms with Crippen molar-refractivity contribution in [3.63, 3.8) is 0 Å². The lowest BCUT2D eigenvalue weighted by Crippen LogP contribution is -2.29. The summed E-state index contributed by atoms with van der Waals surface area (Å²) in [4.78, 5) is 10.1. The predicted octanol–water partition coefficient (Wildman–Crippen LogP) is 17.0. The lowest BCUT2D eigenvalue weighted by atomic mass is 9.73. The van der Waals surface area contributed by atoms with Crippen LogP contribution in [0.5, 0.6) is 0 Å². The van der Waals surface area contributed by atoms with Crippen LogP contribution in [0, 0.1) is 6.08 Å². The van der Waals surface area contributed by atoms with Crippen molar-refractivity contribution in [2.75, 3.05) is 0 Å². The molecule has 13 aromatic rings. The van der Waals surface area contributed by atoms with Crippen LogP contribution < -0.4 is 5.46 Å². The van der Waals surface area contributed by atoms with Gasteiger partial charge in [-0.05, 0) is 88.9 Å². The molecule has 6 heterocycles. The molecule has 0 unspecified atom stereocenters. The van der Waals surface area contributed by atoms with E-state index in [1.165, 1.54) is 80.4 Å². The summed E-state index contributed by atoms with van der Waals surface area (Å²) in [6, 6.07) is 70.0. The number of rotatable bonds is 4. The van der Waals surface area contributed by atoms with Crippen LogP contribution in [0.3, 0.4) is 0 Å². The number of hydrogen-bond donors (Lipinski definition) is 2. The van der Waals surface area contributed by atoms with Gasteiger partial charge in [0.05, 0.1) is 50.9 Å². The lowest BCUT2D eigenvalue weighted by Gasteiger charge is -2.35. The van der Waals surface area contributed by atoms with Gasteiger partial charge in [-0.15, -0.1) is 22.7 Å². The molecule has 3 aliphatic rings. The molecule has 0 bridgehead atoms. The molecule has 2 N–H and O–H groups in total. The Morgan fingerprint density at radius 1 is 0.506 bits per heavy atom. The number of nitrogens with zero attached hydrogens (tertiary/aromatic N) is 4. The van der Waals surface area contributed by atoms with Crippen molar-refractivity contribution < 1.29 is 14.8 Å². The molecule has 4 aromatic heterocycles. The van der Waals surface area contributed by atoms with Gasteiger partial charge in [-0.2, -0.15) is 0 Å². The quantitative estimate of drug-likeness (QED) is 0.136. The first-order chi connectivity index (χ1) is 38.0. The molecule has 1 aliphatic carbocycles. The van der Waals surface area contributed by atoms with Crippen LogP contribution in [0.4, 0.5) is 4.70 Å². The molecule has 2 aliphatic heterocycles. The van der Waals surface area contributed by atoms with E-state index in [1.807, 2.05) is 72.0 Å². The van der Waals surface area contributed by atoms with Gasteiger partial charge in [0.1, 0.15) is 17.7 Å². The van der Waals surface area contributed by atoms with Crippen molar-refractivity contribution in [2.45, 2.75) is 38.5 Å². The molecule has 0 atom stereocenters. The Morgan fingerprint density at radius 2 is 1.03 bits per heavy atom. The summed E-state index contributed by atoms with van der Waals surface area (Å²) in [5, 5.41) is 24.2. The summed E-state index contributed by atoms with van der Waals surface area (Å²) in [6.07, 6.45) is 7.19. The third-order valence-corrected chi connectivity index (χ3v) is 18.6. The van der Waals surface area contributed by atoms with Crippen molar-refractivity contribution >= 4 is 115 Å². The summed E-state index contributed by atoms with van der Waals surface area (Å²) in [5.74, 6) is 1.94. The van der Waals surface area contributed by atoms with Crippen molar-refractivity contribution in [1.29, 1.82) is 0 Å². The van der Waals surface area contributed by atoms with E-state index in [0.29, 0.717) is 10.5 Å². The zero-order valence-electron chi connectivity index (χ0n) is 43.6. The first kappa shape index (κ1) is 50.2. The predicted molar refractivity (Wildman–Crippen MR) is 332 cm³/mol. The minimum atomic E-state index is -1.41. The number of allylic oxidation sites excluding steroid dienone is 6. The van der Waals surface area contributed by atoms with Crippen molar-refractivity contribution in [1.82, 2.24) is 19.1 Å². The van der Waals surface area contributed by atoms with Crippen LogP contribution in [-0.2, 0) is 10.8 Å². The van der Waals surface area contributed by atoms with E-state index in [1.54, 1.807) is 17.4 Å². The Balaban J connectivity index is 0.000000122. The molecule has 0 amide bonds. The standard InChI is InChI=1S/C34H24N2S.C22H16ClN2.C12H9BO2S.FH/c1-34(2)26-19-18-22(23-13-8-14-25-24-12-6-7-17-30(24)37-32(23)25)20-29(26)36-31-27(34)15-9-16-28(31)35-33(36)21-10-4-3-5-11-21;1-22(2)16-12-11-15(23)13-19(16)25-20-17(22)9-6-10-18(20)24-21(25)14-7-4-3-5-8-14;14-13(15)10-6-3-5-9-8-4-1-2-7-11(8)16-12(9)10;/h3-20H,1-2H3;3-10,12-13H,1-2H3;1-7,14-15H;1H/q;+1;;.